The van der Waals surface area contributed by atoms with Crippen molar-refractivity contribution in [3.8, 4) is 5.88 Å². The second-order valence-electron chi connectivity index (χ2n) is 5.55. The van der Waals surface area contributed by atoms with Crippen LogP contribution in [0.25, 0.3) is 0 Å². The first-order valence-electron chi connectivity index (χ1n) is 7.75. The number of nitro groups is 1. The molecule has 0 spiro atoms. The molecule has 0 fully saturated rings. The summed E-state index contributed by atoms with van der Waals surface area (Å²) in [5.74, 6) is 0.169. The van der Waals surface area contributed by atoms with Crippen LogP contribution in [-0.2, 0) is 12.2 Å². The first-order chi connectivity index (χ1) is 12.5. The average molecular weight is 369 g/mol. The predicted octanol–water partition coefficient (Wildman–Crippen LogP) is 3.27. The topological polar surface area (TPSA) is 109 Å². The van der Waals surface area contributed by atoms with Gasteiger partial charge >= 0.3 is 0 Å². The molecule has 1 heterocycles. The van der Waals surface area contributed by atoms with Crippen molar-refractivity contribution in [1.82, 2.24) is 9.97 Å². The quantitative estimate of drug-likeness (QED) is 0.299. The third-order valence-electron chi connectivity index (χ3n) is 3.72. The van der Waals surface area contributed by atoms with Gasteiger partial charge in [-0.05, 0) is 11.1 Å². The molecule has 0 saturated heterocycles. The lowest BCUT2D eigenvalue weighted by Crippen LogP contribution is -2.15. The Morgan fingerprint density at radius 3 is 2.38 bits per heavy atom. The molecule has 0 atom stereocenters. The first kappa shape index (κ1) is 17.7. The maximum Gasteiger partial charge on any atom is 0.269 e. The van der Waals surface area contributed by atoms with Crippen molar-refractivity contribution in [3.05, 3.63) is 91.8 Å². The molecule has 0 amide bonds. The van der Waals surface area contributed by atoms with E-state index in [0.717, 1.165) is 11.1 Å². The minimum Gasteiger partial charge on any atom is -0.493 e. The van der Waals surface area contributed by atoms with Gasteiger partial charge in [0, 0.05) is 24.3 Å². The van der Waals surface area contributed by atoms with Gasteiger partial charge < -0.3 is 10.1 Å². The summed E-state index contributed by atoms with van der Waals surface area (Å²) in [5.41, 5.74) is 1.61. The van der Waals surface area contributed by atoms with Crippen molar-refractivity contribution >= 4 is 17.4 Å². The van der Waals surface area contributed by atoms with E-state index < -0.39 is 4.92 Å². The van der Waals surface area contributed by atoms with Crippen molar-refractivity contribution in [2.24, 2.45) is 0 Å². The summed E-state index contributed by atoms with van der Waals surface area (Å²) in [6.07, 6.45) is 0.294. The van der Waals surface area contributed by atoms with Gasteiger partial charge in [0.1, 0.15) is 0 Å². The van der Waals surface area contributed by atoms with Gasteiger partial charge in [0.2, 0.25) is 5.88 Å². The molecule has 0 aliphatic heterocycles. The lowest BCUT2D eigenvalue weighted by atomic mass is 10.1. The summed E-state index contributed by atoms with van der Waals surface area (Å²) in [6.45, 7) is 0. The molecule has 132 valence electrons. The van der Waals surface area contributed by atoms with Gasteiger partial charge in [0.05, 0.1) is 10.5 Å². The smallest absolute Gasteiger partial charge is 0.269 e. The SMILES string of the molecule is O=c1[nH]c(SCc2ccc([N+](=O)[O-])cc2)nc(O)c1Cc1ccccc1. The summed E-state index contributed by atoms with van der Waals surface area (Å²) in [6, 6.07) is 15.5. The highest BCUT2D eigenvalue weighted by Gasteiger charge is 2.12. The fourth-order valence-corrected chi connectivity index (χ4v) is 3.17. The number of H-pyrrole nitrogens is 1. The molecule has 7 nitrogen and oxygen atoms in total. The Hall–Kier alpha value is -3.13. The summed E-state index contributed by atoms with van der Waals surface area (Å²) >= 11 is 1.23. The van der Waals surface area contributed by atoms with E-state index in [1.807, 2.05) is 30.3 Å². The summed E-state index contributed by atoms with van der Waals surface area (Å²) in [5, 5.41) is 21.1. The zero-order valence-corrected chi connectivity index (χ0v) is 14.4. The molecule has 0 aliphatic carbocycles. The highest BCUT2D eigenvalue weighted by molar-refractivity contribution is 7.98. The molecule has 0 bridgehead atoms. The van der Waals surface area contributed by atoms with E-state index in [-0.39, 0.29) is 22.7 Å². The molecular weight excluding hydrogens is 354 g/mol. The van der Waals surface area contributed by atoms with Crippen LogP contribution in [0.15, 0.2) is 64.5 Å². The lowest BCUT2D eigenvalue weighted by Gasteiger charge is -2.06. The molecule has 0 unspecified atom stereocenters. The first-order valence-corrected chi connectivity index (χ1v) is 8.73. The number of aromatic nitrogens is 2. The fourth-order valence-electron chi connectivity index (χ4n) is 2.36. The number of thioether (sulfide) groups is 1. The second kappa shape index (κ2) is 7.83. The number of hydrogen-bond donors (Lipinski definition) is 2. The van der Waals surface area contributed by atoms with Crippen LogP contribution in [-0.4, -0.2) is 20.0 Å². The van der Waals surface area contributed by atoms with Gasteiger partial charge in [-0.15, -0.1) is 0 Å². The molecule has 0 saturated carbocycles. The molecule has 8 heteroatoms. The molecule has 1 aromatic heterocycles. The standard InChI is InChI=1S/C18H15N3O4S/c22-16-15(10-12-4-2-1-3-5-12)17(23)20-18(19-16)26-11-13-6-8-14(9-7-13)21(24)25/h1-9H,10-11H2,(H2,19,20,22,23). The Morgan fingerprint density at radius 2 is 1.77 bits per heavy atom. The minimum atomic E-state index is -0.459. The van der Waals surface area contributed by atoms with Gasteiger partial charge in [-0.2, -0.15) is 4.98 Å². The maximum atomic E-state index is 12.3. The van der Waals surface area contributed by atoms with Crippen molar-refractivity contribution in [3.63, 3.8) is 0 Å². The van der Waals surface area contributed by atoms with Crippen molar-refractivity contribution in [1.29, 1.82) is 0 Å². The van der Waals surface area contributed by atoms with Crippen LogP contribution in [0.4, 0.5) is 5.69 Å². The zero-order chi connectivity index (χ0) is 18.5. The molecule has 26 heavy (non-hydrogen) atoms. The highest BCUT2D eigenvalue weighted by Crippen LogP contribution is 2.23. The van der Waals surface area contributed by atoms with Crippen LogP contribution in [0.3, 0.4) is 0 Å². The van der Waals surface area contributed by atoms with Gasteiger partial charge in [-0.3, -0.25) is 14.9 Å². The van der Waals surface area contributed by atoms with E-state index in [0.29, 0.717) is 17.3 Å². The number of hydrogen-bond acceptors (Lipinski definition) is 6. The number of non-ortho nitro benzene ring substituents is 1. The predicted molar refractivity (Wildman–Crippen MR) is 98.4 cm³/mol. The molecule has 2 aromatic carbocycles. The average Bonchev–Trinajstić information content (AvgIpc) is 2.64. The Labute approximate surface area is 152 Å². The van der Waals surface area contributed by atoms with E-state index in [1.165, 1.54) is 23.9 Å². The lowest BCUT2D eigenvalue weighted by molar-refractivity contribution is -0.384. The molecular formula is C18H15N3O4S. The normalized spacial score (nSPS) is 10.6. The molecule has 3 rings (SSSR count). The maximum absolute atomic E-state index is 12.3. The summed E-state index contributed by atoms with van der Waals surface area (Å²) in [4.78, 5) is 29.2. The van der Waals surface area contributed by atoms with Gasteiger partial charge in [-0.1, -0.05) is 54.2 Å². The second-order valence-corrected chi connectivity index (χ2v) is 6.51. The number of aromatic amines is 1. The van der Waals surface area contributed by atoms with E-state index in [1.54, 1.807) is 12.1 Å². The van der Waals surface area contributed by atoms with Gasteiger partial charge in [0.15, 0.2) is 5.16 Å². The number of benzene rings is 2. The van der Waals surface area contributed by atoms with Gasteiger partial charge in [-0.25, -0.2) is 0 Å². The van der Waals surface area contributed by atoms with Crippen molar-refractivity contribution in [2.75, 3.05) is 0 Å². The van der Waals surface area contributed by atoms with E-state index >= 15 is 0 Å². The Bertz CT molecular complexity index is 972. The Balaban J connectivity index is 1.71. The third-order valence-corrected chi connectivity index (χ3v) is 4.66. The van der Waals surface area contributed by atoms with E-state index in [2.05, 4.69) is 9.97 Å². The zero-order valence-electron chi connectivity index (χ0n) is 13.6. The van der Waals surface area contributed by atoms with E-state index in [4.69, 9.17) is 0 Å². The fraction of sp³-hybridized carbons (Fsp3) is 0.111. The molecule has 3 aromatic rings. The third kappa shape index (κ3) is 4.28. The van der Waals surface area contributed by atoms with E-state index in [9.17, 15) is 20.0 Å². The monoisotopic (exact) mass is 369 g/mol. The largest absolute Gasteiger partial charge is 0.493 e. The molecule has 0 radical (unpaired) electrons. The summed E-state index contributed by atoms with van der Waals surface area (Å²) in [7, 11) is 0. The summed E-state index contributed by atoms with van der Waals surface area (Å²) < 4.78 is 0. The number of nitrogens with zero attached hydrogens (tertiary/aromatic N) is 2. The highest BCUT2D eigenvalue weighted by atomic mass is 32.2. The number of nitrogens with one attached hydrogen (secondary N) is 1. The number of nitro benzene ring substituents is 1. The Kier molecular flexibility index (Phi) is 5.33. The van der Waals surface area contributed by atoms with Crippen LogP contribution in [0, 0.1) is 10.1 Å². The van der Waals surface area contributed by atoms with Crippen LogP contribution in [0.1, 0.15) is 16.7 Å². The molecule has 0 aliphatic rings. The van der Waals surface area contributed by atoms with Crippen LogP contribution in [0.2, 0.25) is 0 Å². The van der Waals surface area contributed by atoms with Crippen LogP contribution < -0.4 is 5.56 Å². The van der Waals surface area contributed by atoms with Crippen LogP contribution in [0.5, 0.6) is 5.88 Å². The van der Waals surface area contributed by atoms with Crippen LogP contribution >= 0.6 is 11.8 Å². The Morgan fingerprint density at radius 1 is 1.08 bits per heavy atom. The van der Waals surface area contributed by atoms with Gasteiger partial charge in [0.25, 0.3) is 11.2 Å². The van der Waals surface area contributed by atoms with Crippen molar-refractivity contribution < 1.29 is 10.0 Å². The minimum absolute atomic E-state index is 0.0215. The number of rotatable bonds is 6. The number of aromatic hydroxyl groups is 1. The van der Waals surface area contributed by atoms with Crippen molar-refractivity contribution in [2.45, 2.75) is 17.3 Å². The molecule has 2 N–H and O–H groups in total.